The van der Waals surface area contributed by atoms with Crippen molar-refractivity contribution < 1.29 is 9.53 Å². The maximum atomic E-state index is 11.4. The molecule has 0 bridgehead atoms. The summed E-state index contributed by atoms with van der Waals surface area (Å²) in [6.45, 7) is 5.06. The topological polar surface area (TPSA) is 44.1 Å². The molecular weight excluding hydrogens is 216 g/mol. The molecule has 1 heterocycles. The summed E-state index contributed by atoms with van der Waals surface area (Å²) < 4.78 is 6.86. The van der Waals surface area contributed by atoms with E-state index < -0.39 is 0 Å². The lowest BCUT2D eigenvalue weighted by molar-refractivity contribution is 0.0601. The molecule has 1 aromatic heterocycles. The molecule has 0 aliphatic rings. The van der Waals surface area contributed by atoms with Gasteiger partial charge in [0.05, 0.1) is 23.7 Å². The molecule has 1 aromatic carbocycles. The van der Waals surface area contributed by atoms with Crippen molar-refractivity contribution in [3.63, 3.8) is 0 Å². The number of esters is 1. The lowest BCUT2D eigenvalue weighted by atomic mass is 10.2. The minimum absolute atomic E-state index is 0.324. The largest absolute Gasteiger partial charge is 0.465 e. The van der Waals surface area contributed by atoms with Crippen LogP contribution in [0, 0.1) is 6.92 Å². The van der Waals surface area contributed by atoms with Crippen LogP contribution in [0.2, 0.25) is 0 Å². The molecule has 4 heteroatoms. The van der Waals surface area contributed by atoms with Gasteiger partial charge in [-0.25, -0.2) is 9.78 Å². The van der Waals surface area contributed by atoms with Crippen LogP contribution in [0.5, 0.6) is 0 Å². The first kappa shape index (κ1) is 11.6. The monoisotopic (exact) mass is 232 g/mol. The summed E-state index contributed by atoms with van der Waals surface area (Å²) in [7, 11) is 1.38. The van der Waals surface area contributed by atoms with Crippen molar-refractivity contribution in [2.45, 2.75) is 26.8 Å². The van der Waals surface area contributed by atoms with Gasteiger partial charge >= 0.3 is 5.97 Å². The van der Waals surface area contributed by atoms with E-state index in [-0.39, 0.29) is 5.97 Å². The molecule has 0 spiro atoms. The van der Waals surface area contributed by atoms with Crippen LogP contribution < -0.4 is 0 Å². The average Bonchev–Trinajstić information content (AvgIpc) is 2.64. The number of nitrogens with zero attached hydrogens (tertiary/aromatic N) is 2. The molecule has 4 nitrogen and oxygen atoms in total. The van der Waals surface area contributed by atoms with Gasteiger partial charge < -0.3 is 9.30 Å². The first-order chi connectivity index (χ1) is 8.17. The third kappa shape index (κ3) is 2.02. The highest BCUT2D eigenvalue weighted by molar-refractivity contribution is 5.93. The molecule has 0 saturated heterocycles. The highest BCUT2D eigenvalue weighted by Crippen LogP contribution is 2.18. The lowest BCUT2D eigenvalue weighted by Gasteiger charge is -2.04. The zero-order valence-electron chi connectivity index (χ0n) is 10.4. The van der Waals surface area contributed by atoms with E-state index in [1.54, 1.807) is 12.1 Å². The number of hydrogen-bond acceptors (Lipinski definition) is 3. The molecule has 0 aliphatic heterocycles. The molecule has 0 aliphatic carbocycles. The number of rotatable bonds is 3. The first-order valence-corrected chi connectivity index (χ1v) is 5.72. The minimum Gasteiger partial charge on any atom is -0.465 e. The van der Waals surface area contributed by atoms with E-state index in [1.807, 2.05) is 13.0 Å². The summed E-state index contributed by atoms with van der Waals surface area (Å²) in [6.07, 6.45) is 1.06. The smallest absolute Gasteiger partial charge is 0.337 e. The number of carbonyl (C=O) groups is 1. The number of methoxy groups -OCH3 is 1. The van der Waals surface area contributed by atoms with Crippen molar-refractivity contribution in [1.29, 1.82) is 0 Å². The molecule has 0 radical (unpaired) electrons. The van der Waals surface area contributed by atoms with Crippen molar-refractivity contribution in [2.24, 2.45) is 0 Å². The van der Waals surface area contributed by atoms with Crippen LogP contribution in [0.25, 0.3) is 11.0 Å². The quantitative estimate of drug-likeness (QED) is 0.764. The normalized spacial score (nSPS) is 10.8. The number of imidazole rings is 1. The van der Waals surface area contributed by atoms with Crippen LogP contribution in [0.1, 0.15) is 29.5 Å². The SMILES string of the molecule is CCCn1c(C)nc2cc(C(=O)OC)ccc21. The molecule has 0 saturated carbocycles. The molecule has 0 fully saturated rings. The Kier molecular flexibility index (Phi) is 3.13. The highest BCUT2D eigenvalue weighted by Gasteiger charge is 2.10. The Hall–Kier alpha value is -1.84. The maximum Gasteiger partial charge on any atom is 0.337 e. The van der Waals surface area contributed by atoms with E-state index in [1.165, 1.54) is 7.11 Å². The fourth-order valence-corrected chi connectivity index (χ4v) is 2.00. The maximum absolute atomic E-state index is 11.4. The van der Waals surface area contributed by atoms with Gasteiger partial charge in [-0.05, 0) is 31.5 Å². The molecule has 0 amide bonds. The summed E-state index contributed by atoms with van der Waals surface area (Å²) in [6, 6.07) is 5.49. The van der Waals surface area contributed by atoms with Crippen LogP contribution in [-0.2, 0) is 11.3 Å². The van der Waals surface area contributed by atoms with E-state index in [2.05, 4.69) is 16.5 Å². The van der Waals surface area contributed by atoms with Gasteiger partial charge in [-0.1, -0.05) is 6.92 Å². The number of carbonyl (C=O) groups excluding carboxylic acids is 1. The predicted molar refractivity (Wildman–Crippen MR) is 66.1 cm³/mol. The number of aromatic nitrogens is 2. The molecule has 2 aromatic rings. The van der Waals surface area contributed by atoms with Crippen LogP contribution in [0.4, 0.5) is 0 Å². The molecule has 2 rings (SSSR count). The van der Waals surface area contributed by atoms with Crippen molar-refractivity contribution >= 4 is 17.0 Å². The first-order valence-electron chi connectivity index (χ1n) is 5.72. The Labute approximate surface area is 100 Å². The fraction of sp³-hybridized carbons (Fsp3) is 0.385. The van der Waals surface area contributed by atoms with E-state index in [9.17, 15) is 4.79 Å². The number of fused-ring (bicyclic) bond motifs is 1. The van der Waals surface area contributed by atoms with Crippen LogP contribution >= 0.6 is 0 Å². The summed E-state index contributed by atoms with van der Waals surface area (Å²) in [5.74, 6) is 0.651. The third-order valence-corrected chi connectivity index (χ3v) is 2.81. The average molecular weight is 232 g/mol. The summed E-state index contributed by atoms with van der Waals surface area (Å²) in [5, 5.41) is 0. The fourth-order valence-electron chi connectivity index (χ4n) is 2.00. The number of aryl methyl sites for hydroxylation is 2. The summed E-state index contributed by atoms with van der Waals surface area (Å²) >= 11 is 0. The Bertz CT molecular complexity index is 558. The van der Waals surface area contributed by atoms with E-state index >= 15 is 0 Å². The predicted octanol–water partition coefficient (Wildman–Crippen LogP) is 2.54. The molecule has 0 unspecified atom stereocenters. The van der Waals surface area contributed by atoms with E-state index in [0.717, 1.165) is 29.8 Å². The molecular formula is C13H16N2O2. The van der Waals surface area contributed by atoms with Gasteiger partial charge in [0.2, 0.25) is 0 Å². The number of benzene rings is 1. The Morgan fingerprint density at radius 1 is 1.47 bits per heavy atom. The second-order valence-corrected chi connectivity index (χ2v) is 4.01. The van der Waals surface area contributed by atoms with Crippen molar-refractivity contribution in [3.05, 3.63) is 29.6 Å². The summed E-state index contributed by atoms with van der Waals surface area (Å²) in [5.41, 5.74) is 2.46. The third-order valence-electron chi connectivity index (χ3n) is 2.81. The summed E-state index contributed by atoms with van der Waals surface area (Å²) in [4.78, 5) is 15.9. The van der Waals surface area contributed by atoms with E-state index in [4.69, 9.17) is 4.74 Å². The van der Waals surface area contributed by atoms with Gasteiger partial charge in [-0.15, -0.1) is 0 Å². The van der Waals surface area contributed by atoms with Gasteiger partial charge in [0.15, 0.2) is 0 Å². The van der Waals surface area contributed by atoms with Crippen molar-refractivity contribution in [2.75, 3.05) is 7.11 Å². The van der Waals surface area contributed by atoms with E-state index in [0.29, 0.717) is 5.56 Å². The Balaban J connectivity index is 2.53. The lowest BCUT2D eigenvalue weighted by Crippen LogP contribution is -2.01. The molecule has 0 atom stereocenters. The number of ether oxygens (including phenoxy) is 1. The zero-order valence-corrected chi connectivity index (χ0v) is 10.4. The van der Waals surface area contributed by atoms with Crippen LogP contribution in [0.15, 0.2) is 18.2 Å². The molecule has 0 N–H and O–H groups in total. The molecule has 90 valence electrons. The van der Waals surface area contributed by atoms with Crippen LogP contribution in [-0.4, -0.2) is 22.6 Å². The zero-order chi connectivity index (χ0) is 12.4. The Morgan fingerprint density at radius 2 is 2.24 bits per heavy atom. The van der Waals surface area contributed by atoms with Gasteiger partial charge in [0.1, 0.15) is 5.82 Å². The van der Waals surface area contributed by atoms with Crippen molar-refractivity contribution in [3.8, 4) is 0 Å². The second-order valence-electron chi connectivity index (χ2n) is 4.01. The standard InChI is InChI=1S/C13H16N2O2/c1-4-7-15-9(2)14-11-8-10(13(16)17-3)5-6-12(11)15/h5-6,8H,4,7H2,1-3H3. The second kappa shape index (κ2) is 4.57. The van der Waals surface area contributed by atoms with Crippen molar-refractivity contribution in [1.82, 2.24) is 9.55 Å². The number of hydrogen-bond donors (Lipinski definition) is 0. The van der Waals surface area contributed by atoms with Gasteiger partial charge in [0.25, 0.3) is 0 Å². The molecule has 17 heavy (non-hydrogen) atoms. The Morgan fingerprint density at radius 3 is 2.88 bits per heavy atom. The van der Waals surface area contributed by atoms with Crippen LogP contribution in [0.3, 0.4) is 0 Å². The highest BCUT2D eigenvalue weighted by atomic mass is 16.5. The van der Waals surface area contributed by atoms with Gasteiger partial charge in [0, 0.05) is 6.54 Å². The van der Waals surface area contributed by atoms with Gasteiger partial charge in [-0.2, -0.15) is 0 Å². The minimum atomic E-state index is -0.324. The van der Waals surface area contributed by atoms with Gasteiger partial charge in [-0.3, -0.25) is 0 Å².